The fraction of sp³-hybridized carbons (Fsp3) is 0.542. The second-order valence-electron chi connectivity index (χ2n) is 8.09. The van der Waals surface area contributed by atoms with Crippen LogP contribution in [0.25, 0.3) is 0 Å². The predicted octanol–water partition coefficient (Wildman–Crippen LogP) is 4.83. The molecule has 2 aromatic rings. The van der Waals surface area contributed by atoms with E-state index in [1.807, 2.05) is 13.8 Å². The number of carbonyl (C=O) groups excluding carboxylic acids is 1. The minimum atomic E-state index is -4.62. The zero-order valence-corrected chi connectivity index (χ0v) is 20.1. The summed E-state index contributed by atoms with van der Waals surface area (Å²) in [6, 6.07) is 4.93. The molecular weight excluding hydrogens is 465 g/mol. The molecular formula is C24H31F3N4O4. The number of esters is 1. The fourth-order valence-corrected chi connectivity index (χ4v) is 4.16. The number of methoxy groups -OCH3 is 1. The molecule has 11 heteroatoms. The van der Waals surface area contributed by atoms with Crippen LogP contribution in [0.15, 0.2) is 30.6 Å². The van der Waals surface area contributed by atoms with Crippen LogP contribution in [0.4, 0.5) is 30.2 Å². The van der Waals surface area contributed by atoms with E-state index in [0.29, 0.717) is 37.7 Å². The highest BCUT2D eigenvalue weighted by Crippen LogP contribution is 2.41. The first-order chi connectivity index (χ1) is 16.8. The number of rotatable bonds is 10. The maximum absolute atomic E-state index is 13.9. The highest BCUT2D eigenvalue weighted by molar-refractivity contribution is 5.77. The number of benzene rings is 1. The number of carbonyl (C=O) groups is 1. The Hall–Kier alpha value is -3.08. The van der Waals surface area contributed by atoms with Gasteiger partial charge in [0.05, 0.1) is 55.5 Å². The topological polar surface area (TPSA) is 85.8 Å². The monoisotopic (exact) mass is 496 g/mol. The minimum Gasteiger partial charge on any atom is -0.469 e. The summed E-state index contributed by atoms with van der Waals surface area (Å²) < 4.78 is 57.0. The summed E-state index contributed by atoms with van der Waals surface area (Å²) in [6.07, 6.45) is -0.782. The Kier molecular flexibility index (Phi) is 9.13. The lowest BCUT2D eigenvalue weighted by atomic mass is 9.93. The molecule has 1 atom stereocenters. The van der Waals surface area contributed by atoms with Crippen molar-refractivity contribution < 1.29 is 32.2 Å². The fourth-order valence-electron chi connectivity index (χ4n) is 4.16. The Labute approximate surface area is 202 Å². The normalized spacial score (nSPS) is 15.4. The van der Waals surface area contributed by atoms with Crippen LogP contribution in [0.5, 0.6) is 6.01 Å². The molecule has 1 N–H and O–H groups in total. The number of ether oxygens (including phenoxy) is 3. The van der Waals surface area contributed by atoms with Gasteiger partial charge >= 0.3 is 18.2 Å². The summed E-state index contributed by atoms with van der Waals surface area (Å²) in [4.78, 5) is 22.2. The van der Waals surface area contributed by atoms with Gasteiger partial charge in [0.25, 0.3) is 0 Å². The summed E-state index contributed by atoms with van der Waals surface area (Å²) in [6.45, 7) is 6.14. The molecule has 1 saturated heterocycles. The van der Waals surface area contributed by atoms with Crippen LogP contribution >= 0.6 is 0 Å². The van der Waals surface area contributed by atoms with Gasteiger partial charge < -0.3 is 24.4 Å². The lowest BCUT2D eigenvalue weighted by Crippen LogP contribution is -2.39. The van der Waals surface area contributed by atoms with E-state index >= 15 is 0 Å². The Morgan fingerprint density at radius 3 is 2.49 bits per heavy atom. The van der Waals surface area contributed by atoms with Gasteiger partial charge in [0, 0.05) is 25.8 Å². The van der Waals surface area contributed by atoms with Crippen LogP contribution in [0, 0.1) is 0 Å². The number of halogens is 3. The van der Waals surface area contributed by atoms with Crippen molar-refractivity contribution in [3.05, 3.63) is 36.2 Å². The number of hydrogen-bond acceptors (Lipinski definition) is 8. The molecule has 1 aromatic carbocycles. The zero-order valence-electron chi connectivity index (χ0n) is 20.1. The molecule has 2 heterocycles. The maximum Gasteiger partial charge on any atom is 0.396 e. The molecule has 1 fully saturated rings. The largest absolute Gasteiger partial charge is 0.469 e. The quantitative estimate of drug-likeness (QED) is 0.468. The first kappa shape index (κ1) is 26.5. The molecule has 1 aliphatic rings. The van der Waals surface area contributed by atoms with Crippen molar-refractivity contribution in [1.29, 1.82) is 0 Å². The molecule has 1 aliphatic heterocycles. The van der Waals surface area contributed by atoms with Crippen LogP contribution in [0.3, 0.4) is 0 Å². The molecule has 0 saturated carbocycles. The van der Waals surface area contributed by atoms with Crippen molar-refractivity contribution in [2.45, 2.75) is 51.2 Å². The van der Waals surface area contributed by atoms with Gasteiger partial charge in [-0.15, -0.1) is 0 Å². The van der Waals surface area contributed by atoms with Crippen LogP contribution in [0.2, 0.25) is 0 Å². The van der Waals surface area contributed by atoms with E-state index in [4.69, 9.17) is 9.47 Å². The van der Waals surface area contributed by atoms with Crippen molar-refractivity contribution in [2.75, 3.05) is 43.7 Å². The highest BCUT2D eigenvalue weighted by atomic mass is 19.4. The molecule has 35 heavy (non-hydrogen) atoms. The minimum absolute atomic E-state index is 0.0379. The van der Waals surface area contributed by atoms with Gasteiger partial charge in [0.15, 0.2) is 0 Å². The Bertz CT molecular complexity index is 966. The Morgan fingerprint density at radius 2 is 1.91 bits per heavy atom. The van der Waals surface area contributed by atoms with E-state index in [1.54, 1.807) is 6.07 Å². The molecule has 0 spiro atoms. The molecule has 1 aromatic heterocycles. The number of anilines is 3. The van der Waals surface area contributed by atoms with E-state index in [1.165, 1.54) is 24.5 Å². The predicted molar refractivity (Wildman–Crippen MR) is 125 cm³/mol. The van der Waals surface area contributed by atoms with Crippen molar-refractivity contribution in [2.24, 2.45) is 0 Å². The molecule has 192 valence electrons. The third-order valence-corrected chi connectivity index (χ3v) is 5.88. The summed E-state index contributed by atoms with van der Waals surface area (Å²) in [7, 11) is 1.07. The molecule has 3 rings (SSSR count). The molecule has 8 nitrogen and oxygen atoms in total. The lowest BCUT2D eigenvalue weighted by molar-refractivity contribution is -0.164. The van der Waals surface area contributed by atoms with E-state index in [2.05, 4.69) is 24.9 Å². The molecule has 0 aliphatic carbocycles. The number of aromatic nitrogens is 2. The number of nitrogens with zero attached hydrogens (tertiary/aromatic N) is 3. The van der Waals surface area contributed by atoms with Crippen LogP contribution in [-0.2, 0) is 14.3 Å². The van der Waals surface area contributed by atoms with E-state index in [-0.39, 0.29) is 17.6 Å². The standard InChI is InChI=1S/C24H31F3N4O4/c1-4-31(18-8-10-34-11-9-18)21-7-6-16(19(24(25,26)27)13-22(32)33-3)12-20(21)30-17-14-28-23(29-15-17)35-5-2/h6-7,12,14-15,18-19,30H,4-5,8-11,13H2,1-3H3/t19-/m0/s1. The van der Waals surface area contributed by atoms with E-state index in [0.717, 1.165) is 25.6 Å². The number of alkyl halides is 3. The summed E-state index contributed by atoms with van der Waals surface area (Å²) >= 11 is 0. The average molecular weight is 497 g/mol. The van der Waals surface area contributed by atoms with Gasteiger partial charge in [-0.25, -0.2) is 9.97 Å². The van der Waals surface area contributed by atoms with Gasteiger partial charge in [-0.05, 0) is 44.4 Å². The van der Waals surface area contributed by atoms with Crippen molar-refractivity contribution in [1.82, 2.24) is 9.97 Å². The van der Waals surface area contributed by atoms with Gasteiger partial charge in [-0.3, -0.25) is 4.79 Å². The highest BCUT2D eigenvalue weighted by Gasteiger charge is 2.42. The van der Waals surface area contributed by atoms with Gasteiger partial charge in [0.2, 0.25) is 0 Å². The lowest BCUT2D eigenvalue weighted by Gasteiger charge is -2.37. The van der Waals surface area contributed by atoms with Crippen LogP contribution in [0.1, 0.15) is 44.6 Å². The Morgan fingerprint density at radius 1 is 1.23 bits per heavy atom. The summed E-state index contributed by atoms with van der Waals surface area (Å²) in [5.41, 5.74) is 1.66. The Balaban J connectivity index is 2.02. The average Bonchev–Trinajstić information content (AvgIpc) is 2.85. The van der Waals surface area contributed by atoms with Crippen molar-refractivity contribution >= 4 is 23.0 Å². The molecule has 0 unspecified atom stereocenters. The molecule has 0 radical (unpaired) electrons. The van der Waals surface area contributed by atoms with Gasteiger partial charge in [-0.1, -0.05) is 6.07 Å². The SMILES string of the molecule is CCOc1ncc(Nc2cc([C@H](CC(=O)OC)C(F)(F)F)ccc2N(CC)C2CCOCC2)cn1. The second kappa shape index (κ2) is 12.1. The first-order valence-electron chi connectivity index (χ1n) is 11.6. The van der Waals surface area contributed by atoms with Gasteiger partial charge in [0.1, 0.15) is 0 Å². The zero-order chi connectivity index (χ0) is 25.4. The van der Waals surface area contributed by atoms with Crippen molar-refractivity contribution in [3.63, 3.8) is 0 Å². The second-order valence-corrected chi connectivity index (χ2v) is 8.09. The maximum atomic E-state index is 13.9. The smallest absolute Gasteiger partial charge is 0.396 e. The van der Waals surface area contributed by atoms with Gasteiger partial charge in [-0.2, -0.15) is 13.2 Å². The van der Waals surface area contributed by atoms with E-state index < -0.39 is 24.5 Å². The third kappa shape index (κ3) is 6.97. The first-order valence-corrected chi connectivity index (χ1v) is 11.6. The number of hydrogen-bond donors (Lipinski definition) is 1. The summed E-state index contributed by atoms with van der Waals surface area (Å²) in [5, 5.41) is 3.17. The summed E-state index contributed by atoms with van der Waals surface area (Å²) in [5.74, 6) is -2.93. The molecule has 0 amide bonds. The van der Waals surface area contributed by atoms with Crippen LogP contribution in [-0.4, -0.2) is 61.6 Å². The van der Waals surface area contributed by atoms with Crippen LogP contribution < -0.4 is 15.0 Å². The number of nitrogens with one attached hydrogen (secondary N) is 1. The molecule has 0 bridgehead atoms. The third-order valence-electron chi connectivity index (χ3n) is 5.88. The van der Waals surface area contributed by atoms with E-state index in [9.17, 15) is 18.0 Å². The van der Waals surface area contributed by atoms with Crippen molar-refractivity contribution in [3.8, 4) is 6.01 Å².